The van der Waals surface area contributed by atoms with Crippen molar-refractivity contribution in [3.8, 4) is 0 Å². The fourth-order valence-corrected chi connectivity index (χ4v) is 3.01. The molecule has 2 atom stereocenters. The molecular formula is C18H17FN2O3. The van der Waals surface area contributed by atoms with Crippen LogP contribution in [0.5, 0.6) is 0 Å². The molecule has 3 N–H and O–H groups in total. The Morgan fingerprint density at radius 1 is 1.12 bits per heavy atom. The second-order valence-corrected chi connectivity index (χ2v) is 5.86. The Bertz CT molecular complexity index is 776. The van der Waals surface area contributed by atoms with Gasteiger partial charge in [0.15, 0.2) is 0 Å². The normalized spacial score (nSPS) is 20.2. The van der Waals surface area contributed by atoms with Gasteiger partial charge >= 0.3 is 0 Å². The first-order chi connectivity index (χ1) is 11.5. The van der Waals surface area contributed by atoms with E-state index < -0.39 is 12.0 Å². The number of hydrogen-bond acceptors (Lipinski definition) is 3. The zero-order valence-electron chi connectivity index (χ0n) is 12.9. The summed E-state index contributed by atoms with van der Waals surface area (Å²) in [6.45, 7) is 0.178. The van der Waals surface area contributed by atoms with Crippen LogP contribution in [0.25, 0.3) is 0 Å². The minimum atomic E-state index is -0.660. The summed E-state index contributed by atoms with van der Waals surface area (Å²) in [7, 11) is 0. The van der Waals surface area contributed by atoms with E-state index in [1.165, 1.54) is 41.3 Å². The molecule has 0 radical (unpaired) electrons. The first-order valence-corrected chi connectivity index (χ1v) is 7.60. The molecule has 2 aromatic carbocycles. The summed E-state index contributed by atoms with van der Waals surface area (Å²) < 4.78 is 13.5. The topological polar surface area (TPSA) is 83.6 Å². The van der Waals surface area contributed by atoms with Gasteiger partial charge in [-0.05, 0) is 48.4 Å². The lowest BCUT2D eigenvalue weighted by atomic mass is 10.0. The maximum atomic E-state index is 13.5. The summed E-state index contributed by atoms with van der Waals surface area (Å²) in [5.41, 5.74) is 6.54. The highest BCUT2D eigenvalue weighted by Gasteiger charge is 2.35. The molecule has 124 valence electrons. The van der Waals surface area contributed by atoms with Crippen LogP contribution in [-0.2, 0) is 0 Å². The number of aliphatic hydroxyl groups excluding tert-OH is 1. The summed E-state index contributed by atoms with van der Waals surface area (Å²) >= 11 is 0. The van der Waals surface area contributed by atoms with Gasteiger partial charge in [-0.15, -0.1) is 0 Å². The van der Waals surface area contributed by atoms with Crippen LogP contribution < -0.4 is 5.73 Å². The first kappa shape index (κ1) is 16.1. The summed E-state index contributed by atoms with van der Waals surface area (Å²) in [5.74, 6) is -1.23. The molecule has 0 aliphatic carbocycles. The monoisotopic (exact) mass is 328 g/mol. The van der Waals surface area contributed by atoms with Gasteiger partial charge < -0.3 is 15.7 Å². The molecule has 2 unspecified atom stereocenters. The van der Waals surface area contributed by atoms with Crippen LogP contribution in [0, 0.1) is 5.82 Å². The molecule has 1 aliphatic heterocycles. The second-order valence-electron chi connectivity index (χ2n) is 5.86. The van der Waals surface area contributed by atoms with Crippen molar-refractivity contribution in [2.45, 2.75) is 18.6 Å². The van der Waals surface area contributed by atoms with E-state index >= 15 is 0 Å². The van der Waals surface area contributed by atoms with E-state index in [4.69, 9.17) is 5.73 Å². The molecule has 2 amide bonds. The van der Waals surface area contributed by atoms with Crippen molar-refractivity contribution in [3.63, 3.8) is 0 Å². The molecule has 1 fully saturated rings. The minimum Gasteiger partial charge on any atom is -0.391 e. The van der Waals surface area contributed by atoms with Crippen molar-refractivity contribution >= 4 is 11.8 Å². The SMILES string of the molecule is NC(=O)c1ccc(C(=O)N2CC(O)CC2c2cccc(F)c2)cc1. The van der Waals surface area contributed by atoms with Crippen molar-refractivity contribution in [2.75, 3.05) is 6.54 Å². The molecule has 1 aliphatic rings. The molecular weight excluding hydrogens is 311 g/mol. The summed E-state index contributed by atoms with van der Waals surface area (Å²) in [6.07, 6.45) is -0.304. The highest BCUT2D eigenvalue weighted by molar-refractivity contribution is 5.97. The summed E-state index contributed by atoms with van der Waals surface area (Å²) in [4.78, 5) is 25.4. The van der Waals surface area contributed by atoms with Crippen LogP contribution in [0.2, 0.25) is 0 Å². The molecule has 0 bridgehead atoms. The number of benzene rings is 2. The van der Waals surface area contributed by atoms with Gasteiger partial charge in [-0.1, -0.05) is 12.1 Å². The Morgan fingerprint density at radius 3 is 2.42 bits per heavy atom. The third-order valence-corrected chi connectivity index (χ3v) is 4.19. The average molecular weight is 328 g/mol. The fourth-order valence-electron chi connectivity index (χ4n) is 3.01. The Kier molecular flexibility index (Phi) is 4.31. The Labute approximate surface area is 138 Å². The van der Waals surface area contributed by atoms with Gasteiger partial charge in [0.1, 0.15) is 5.82 Å². The zero-order valence-corrected chi connectivity index (χ0v) is 12.9. The standard InChI is InChI=1S/C18H17FN2O3/c19-14-3-1-2-13(8-14)16-9-15(22)10-21(16)18(24)12-6-4-11(5-7-12)17(20)23/h1-8,15-16,22H,9-10H2,(H2,20,23). The number of aliphatic hydroxyl groups is 1. The number of halogens is 1. The number of nitrogens with two attached hydrogens (primary N) is 1. The van der Waals surface area contributed by atoms with Gasteiger partial charge in [-0.3, -0.25) is 9.59 Å². The van der Waals surface area contributed by atoms with Gasteiger partial charge in [0.2, 0.25) is 5.91 Å². The van der Waals surface area contributed by atoms with E-state index in [1.54, 1.807) is 12.1 Å². The highest BCUT2D eigenvalue weighted by atomic mass is 19.1. The van der Waals surface area contributed by atoms with E-state index in [2.05, 4.69) is 0 Å². The fraction of sp³-hybridized carbons (Fsp3) is 0.222. The van der Waals surface area contributed by atoms with Crippen molar-refractivity contribution in [1.82, 2.24) is 4.90 Å². The molecule has 24 heavy (non-hydrogen) atoms. The number of amides is 2. The Morgan fingerprint density at radius 2 is 1.79 bits per heavy atom. The predicted molar refractivity (Wildman–Crippen MR) is 85.8 cm³/mol. The lowest BCUT2D eigenvalue weighted by Gasteiger charge is -2.25. The van der Waals surface area contributed by atoms with Gasteiger partial charge in [0.25, 0.3) is 5.91 Å². The second kappa shape index (κ2) is 6.41. The molecule has 0 spiro atoms. The smallest absolute Gasteiger partial charge is 0.254 e. The maximum Gasteiger partial charge on any atom is 0.254 e. The van der Waals surface area contributed by atoms with Crippen LogP contribution in [0.15, 0.2) is 48.5 Å². The molecule has 0 aromatic heterocycles. The van der Waals surface area contributed by atoms with Gasteiger partial charge in [-0.25, -0.2) is 4.39 Å². The number of carbonyl (C=O) groups is 2. The average Bonchev–Trinajstić information content (AvgIpc) is 2.96. The molecule has 3 rings (SSSR count). The van der Waals surface area contributed by atoms with E-state index in [0.717, 1.165) is 0 Å². The molecule has 2 aromatic rings. The number of rotatable bonds is 3. The Hall–Kier alpha value is -2.73. The Balaban J connectivity index is 1.88. The van der Waals surface area contributed by atoms with Crippen molar-refractivity contribution < 1.29 is 19.1 Å². The van der Waals surface area contributed by atoms with Gasteiger partial charge in [0, 0.05) is 17.7 Å². The molecule has 1 heterocycles. The first-order valence-electron chi connectivity index (χ1n) is 7.60. The van der Waals surface area contributed by atoms with E-state index in [9.17, 15) is 19.1 Å². The number of hydrogen-bond donors (Lipinski definition) is 2. The third kappa shape index (κ3) is 3.14. The zero-order chi connectivity index (χ0) is 17.3. The molecule has 6 heteroatoms. The number of likely N-dealkylation sites (tertiary alicyclic amines) is 1. The van der Waals surface area contributed by atoms with E-state index in [1.807, 2.05) is 0 Å². The molecule has 1 saturated heterocycles. The van der Waals surface area contributed by atoms with Crippen molar-refractivity contribution in [2.24, 2.45) is 5.73 Å². The predicted octanol–water partition coefficient (Wildman–Crippen LogP) is 1.87. The highest BCUT2D eigenvalue weighted by Crippen LogP contribution is 2.33. The summed E-state index contributed by atoms with van der Waals surface area (Å²) in [5, 5.41) is 9.96. The van der Waals surface area contributed by atoms with Crippen LogP contribution in [0.4, 0.5) is 4.39 Å². The van der Waals surface area contributed by atoms with E-state index in [0.29, 0.717) is 23.1 Å². The lowest BCUT2D eigenvalue weighted by molar-refractivity contribution is 0.0715. The largest absolute Gasteiger partial charge is 0.391 e. The number of β-amino-alcohol motifs (C(OH)–C–C–N with tert-alkyl or cyclic N) is 1. The van der Waals surface area contributed by atoms with Crippen molar-refractivity contribution in [1.29, 1.82) is 0 Å². The number of carbonyl (C=O) groups excluding carboxylic acids is 2. The van der Waals surface area contributed by atoms with Crippen LogP contribution >= 0.6 is 0 Å². The lowest BCUT2D eigenvalue weighted by Crippen LogP contribution is -2.31. The number of primary amides is 1. The quantitative estimate of drug-likeness (QED) is 0.902. The van der Waals surface area contributed by atoms with Crippen LogP contribution in [0.1, 0.15) is 38.7 Å². The molecule has 5 nitrogen and oxygen atoms in total. The van der Waals surface area contributed by atoms with Gasteiger partial charge in [0.05, 0.1) is 12.1 Å². The maximum absolute atomic E-state index is 13.5. The van der Waals surface area contributed by atoms with Crippen LogP contribution in [-0.4, -0.2) is 34.5 Å². The summed E-state index contributed by atoms with van der Waals surface area (Å²) in [6, 6.07) is 11.7. The van der Waals surface area contributed by atoms with E-state index in [-0.39, 0.29) is 24.3 Å². The number of nitrogens with zero attached hydrogens (tertiary/aromatic N) is 1. The third-order valence-electron chi connectivity index (χ3n) is 4.19. The van der Waals surface area contributed by atoms with Crippen molar-refractivity contribution in [3.05, 3.63) is 71.0 Å². The minimum absolute atomic E-state index is 0.178. The molecule has 0 saturated carbocycles. The van der Waals surface area contributed by atoms with Crippen LogP contribution in [0.3, 0.4) is 0 Å². The van der Waals surface area contributed by atoms with Gasteiger partial charge in [-0.2, -0.15) is 0 Å².